The molecule has 0 bridgehead atoms. The van der Waals surface area contributed by atoms with Gasteiger partial charge >= 0.3 is 0 Å². The first-order valence-electron chi connectivity index (χ1n) is 8.63. The Kier molecular flexibility index (Phi) is 5.02. The molecule has 1 aromatic rings. The van der Waals surface area contributed by atoms with E-state index in [0.29, 0.717) is 18.6 Å². The zero-order valence-corrected chi connectivity index (χ0v) is 14.8. The average Bonchev–Trinajstić information content (AvgIpc) is 3.15. The van der Waals surface area contributed by atoms with Gasteiger partial charge in [-0.2, -0.15) is 0 Å². The van der Waals surface area contributed by atoms with Gasteiger partial charge in [-0.05, 0) is 30.9 Å². The van der Waals surface area contributed by atoms with E-state index >= 15 is 0 Å². The highest BCUT2D eigenvalue weighted by Crippen LogP contribution is 2.35. The van der Waals surface area contributed by atoms with Crippen LogP contribution in [0.3, 0.4) is 0 Å². The normalized spacial score (nSPS) is 18.8. The van der Waals surface area contributed by atoms with Crippen LogP contribution in [0.15, 0.2) is 23.2 Å². The van der Waals surface area contributed by atoms with E-state index in [2.05, 4.69) is 31.0 Å². The molecule has 2 aliphatic rings. The number of nitrogens with zero attached hydrogens (tertiary/aromatic N) is 2. The van der Waals surface area contributed by atoms with Gasteiger partial charge in [0.2, 0.25) is 6.79 Å². The Morgan fingerprint density at radius 3 is 2.92 bits per heavy atom. The summed E-state index contributed by atoms with van der Waals surface area (Å²) < 4.78 is 16.4. The van der Waals surface area contributed by atoms with Gasteiger partial charge in [-0.25, -0.2) is 4.99 Å². The van der Waals surface area contributed by atoms with Gasteiger partial charge in [-0.1, -0.05) is 13.8 Å². The van der Waals surface area contributed by atoms with Gasteiger partial charge in [0.05, 0.1) is 6.54 Å². The maximum atomic E-state index is 5.77. The summed E-state index contributed by atoms with van der Waals surface area (Å²) in [5.74, 6) is 3.27. The van der Waals surface area contributed by atoms with Gasteiger partial charge in [-0.15, -0.1) is 0 Å². The molecule has 1 N–H and O–H groups in total. The van der Waals surface area contributed by atoms with Gasteiger partial charge in [-0.3, -0.25) is 0 Å². The fourth-order valence-corrected chi connectivity index (χ4v) is 3.00. The van der Waals surface area contributed by atoms with Crippen molar-refractivity contribution in [3.8, 4) is 17.2 Å². The Morgan fingerprint density at radius 2 is 2.17 bits per heavy atom. The van der Waals surface area contributed by atoms with Gasteiger partial charge < -0.3 is 24.4 Å². The minimum absolute atomic E-state index is 0.279. The van der Waals surface area contributed by atoms with Crippen molar-refractivity contribution < 1.29 is 14.2 Å². The molecule has 24 heavy (non-hydrogen) atoms. The summed E-state index contributed by atoms with van der Waals surface area (Å²) in [5, 5.41) is 3.38. The predicted molar refractivity (Wildman–Crippen MR) is 94.0 cm³/mol. The second kappa shape index (κ2) is 7.20. The third-order valence-electron chi connectivity index (χ3n) is 4.28. The fourth-order valence-electron chi connectivity index (χ4n) is 3.00. The molecule has 1 aromatic carbocycles. The van der Waals surface area contributed by atoms with Crippen LogP contribution >= 0.6 is 0 Å². The number of aliphatic imine (C=N–C) groups is 1. The number of benzene rings is 1. The highest BCUT2D eigenvalue weighted by molar-refractivity contribution is 5.80. The largest absolute Gasteiger partial charge is 0.492 e. The molecule has 0 saturated carbocycles. The monoisotopic (exact) mass is 333 g/mol. The number of ether oxygens (including phenoxy) is 3. The van der Waals surface area contributed by atoms with Crippen LogP contribution in [0.1, 0.15) is 27.2 Å². The Labute approximate surface area is 143 Å². The van der Waals surface area contributed by atoms with E-state index < -0.39 is 0 Å². The number of likely N-dealkylation sites (tertiary alicyclic amines) is 1. The minimum Gasteiger partial charge on any atom is -0.492 e. The molecule has 132 valence electrons. The highest BCUT2D eigenvalue weighted by Gasteiger charge is 2.30. The summed E-state index contributed by atoms with van der Waals surface area (Å²) in [6.07, 6.45) is 1.20. The smallest absolute Gasteiger partial charge is 0.231 e. The predicted octanol–water partition coefficient (Wildman–Crippen LogP) is 2.49. The molecule has 0 unspecified atom stereocenters. The molecule has 0 amide bonds. The van der Waals surface area contributed by atoms with E-state index in [4.69, 9.17) is 19.2 Å². The van der Waals surface area contributed by atoms with E-state index in [1.807, 2.05) is 18.2 Å². The molecule has 1 fully saturated rings. The molecular formula is C18H27N3O3. The summed E-state index contributed by atoms with van der Waals surface area (Å²) in [7, 11) is 0. The van der Waals surface area contributed by atoms with Crippen molar-refractivity contribution in [3.05, 3.63) is 18.2 Å². The van der Waals surface area contributed by atoms with Crippen LogP contribution in [-0.2, 0) is 0 Å². The summed E-state index contributed by atoms with van der Waals surface area (Å²) in [5.41, 5.74) is 0.360. The summed E-state index contributed by atoms with van der Waals surface area (Å²) in [4.78, 5) is 7.04. The van der Waals surface area contributed by atoms with Crippen LogP contribution in [0.25, 0.3) is 0 Å². The van der Waals surface area contributed by atoms with Crippen LogP contribution in [0.2, 0.25) is 0 Å². The maximum absolute atomic E-state index is 5.77. The molecule has 0 spiro atoms. The number of rotatable bonds is 5. The zero-order valence-electron chi connectivity index (χ0n) is 14.8. The van der Waals surface area contributed by atoms with Crippen LogP contribution < -0.4 is 19.5 Å². The molecule has 3 rings (SSSR count). The van der Waals surface area contributed by atoms with Crippen LogP contribution in [0.4, 0.5) is 0 Å². The van der Waals surface area contributed by atoms with Crippen molar-refractivity contribution >= 4 is 5.96 Å². The van der Waals surface area contributed by atoms with Crippen LogP contribution in [0, 0.1) is 5.41 Å². The van der Waals surface area contributed by atoms with Crippen molar-refractivity contribution in [1.29, 1.82) is 0 Å². The second-order valence-corrected chi connectivity index (χ2v) is 6.93. The molecule has 0 aromatic heterocycles. The maximum Gasteiger partial charge on any atom is 0.231 e. The molecule has 6 heteroatoms. The quantitative estimate of drug-likeness (QED) is 0.510. The molecular weight excluding hydrogens is 306 g/mol. The van der Waals surface area contributed by atoms with Gasteiger partial charge in [0.15, 0.2) is 17.5 Å². The van der Waals surface area contributed by atoms with Gasteiger partial charge in [0.25, 0.3) is 0 Å². The highest BCUT2D eigenvalue weighted by atomic mass is 16.7. The topological polar surface area (TPSA) is 55.3 Å². The molecule has 0 radical (unpaired) electrons. The van der Waals surface area contributed by atoms with Crippen molar-refractivity contribution in [2.45, 2.75) is 27.2 Å². The van der Waals surface area contributed by atoms with E-state index in [1.54, 1.807) is 0 Å². The van der Waals surface area contributed by atoms with E-state index in [1.165, 1.54) is 6.42 Å². The molecule has 0 atom stereocenters. The van der Waals surface area contributed by atoms with Crippen LogP contribution in [-0.4, -0.2) is 50.4 Å². The Morgan fingerprint density at radius 1 is 1.33 bits per heavy atom. The van der Waals surface area contributed by atoms with Crippen molar-refractivity contribution in [2.75, 3.05) is 39.6 Å². The fraction of sp³-hybridized carbons (Fsp3) is 0.611. The molecule has 0 aliphatic carbocycles. The first-order chi connectivity index (χ1) is 11.6. The second-order valence-electron chi connectivity index (χ2n) is 6.93. The average molecular weight is 333 g/mol. The SMILES string of the molecule is CCNC(=NCCOc1ccc2c(c1)OCO2)N1CCC(C)(C)C1. The van der Waals surface area contributed by atoms with Crippen molar-refractivity contribution in [1.82, 2.24) is 10.2 Å². The van der Waals surface area contributed by atoms with E-state index in [0.717, 1.165) is 42.8 Å². The van der Waals surface area contributed by atoms with Gasteiger partial charge in [0.1, 0.15) is 12.4 Å². The summed E-state index contributed by atoms with van der Waals surface area (Å²) >= 11 is 0. The lowest BCUT2D eigenvalue weighted by Gasteiger charge is -2.23. The molecule has 2 heterocycles. The number of hydrogen-bond donors (Lipinski definition) is 1. The number of hydrogen-bond acceptors (Lipinski definition) is 4. The first-order valence-corrected chi connectivity index (χ1v) is 8.63. The summed E-state index contributed by atoms with van der Waals surface area (Å²) in [6, 6.07) is 5.63. The molecule has 6 nitrogen and oxygen atoms in total. The molecule has 2 aliphatic heterocycles. The Balaban J connectivity index is 1.52. The first kappa shape index (κ1) is 16.7. The lowest BCUT2D eigenvalue weighted by molar-refractivity contribution is 0.173. The van der Waals surface area contributed by atoms with E-state index in [-0.39, 0.29) is 6.79 Å². The third-order valence-corrected chi connectivity index (χ3v) is 4.28. The number of nitrogens with one attached hydrogen (secondary N) is 1. The van der Waals surface area contributed by atoms with Crippen LogP contribution in [0.5, 0.6) is 17.2 Å². The number of guanidine groups is 1. The number of fused-ring (bicyclic) bond motifs is 1. The Bertz CT molecular complexity index is 601. The standard InChI is InChI=1S/C18H27N3O3/c1-4-19-17(21-9-7-18(2,3)12-21)20-8-10-22-14-5-6-15-16(11-14)24-13-23-15/h5-6,11H,4,7-10,12-13H2,1-3H3,(H,19,20). The van der Waals surface area contributed by atoms with Gasteiger partial charge in [0, 0.05) is 25.7 Å². The Hall–Kier alpha value is -2.11. The lowest BCUT2D eigenvalue weighted by atomic mass is 9.93. The lowest BCUT2D eigenvalue weighted by Crippen LogP contribution is -2.41. The summed E-state index contributed by atoms with van der Waals surface area (Å²) in [6.45, 7) is 11.1. The van der Waals surface area contributed by atoms with Crippen molar-refractivity contribution in [3.63, 3.8) is 0 Å². The zero-order chi connectivity index (χ0) is 17.0. The van der Waals surface area contributed by atoms with E-state index in [9.17, 15) is 0 Å². The van der Waals surface area contributed by atoms with Crippen molar-refractivity contribution in [2.24, 2.45) is 10.4 Å². The minimum atomic E-state index is 0.279. The third kappa shape index (κ3) is 4.04. The molecule has 1 saturated heterocycles.